The minimum atomic E-state index is -4.98. The molecule has 1 rings (SSSR count). The van der Waals surface area contributed by atoms with Crippen LogP contribution >= 0.6 is 0 Å². The minimum Gasteiger partial charge on any atom is -0.460 e. The molecule has 1 unspecified atom stereocenters. The summed E-state index contributed by atoms with van der Waals surface area (Å²) < 4.78 is 44.2. The smallest absolute Gasteiger partial charge is 0.422 e. The van der Waals surface area contributed by atoms with Crippen molar-refractivity contribution in [3.8, 4) is 0 Å². The standard InChI is InChI=1S/C14H17F3O3/c1-12(2,3)20-11(18)9-13(19,14(15,16)17)10-7-5-4-6-8-10/h4-8,19H,9H2,1-3H3. The van der Waals surface area contributed by atoms with E-state index >= 15 is 0 Å². The molecule has 0 fully saturated rings. The molecule has 6 heteroatoms. The topological polar surface area (TPSA) is 46.5 Å². The Morgan fingerprint density at radius 3 is 2.05 bits per heavy atom. The summed E-state index contributed by atoms with van der Waals surface area (Å²) in [4.78, 5) is 11.6. The summed E-state index contributed by atoms with van der Waals surface area (Å²) in [5.74, 6) is -1.11. The molecular weight excluding hydrogens is 273 g/mol. The van der Waals surface area contributed by atoms with E-state index in [-0.39, 0.29) is 0 Å². The number of carbonyl (C=O) groups excluding carboxylic acids is 1. The van der Waals surface area contributed by atoms with Gasteiger partial charge in [-0.25, -0.2) is 0 Å². The van der Waals surface area contributed by atoms with Crippen LogP contribution in [0.25, 0.3) is 0 Å². The van der Waals surface area contributed by atoms with Gasteiger partial charge in [-0.3, -0.25) is 4.79 Å². The molecule has 1 aromatic carbocycles. The van der Waals surface area contributed by atoms with E-state index in [4.69, 9.17) is 4.74 Å². The highest BCUT2D eigenvalue weighted by Gasteiger charge is 2.56. The number of halogens is 3. The lowest BCUT2D eigenvalue weighted by Gasteiger charge is -2.31. The molecule has 0 spiro atoms. The molecule has 20 heavy (non-hydrogen) atoms. The van der Waals surface area contributed by atoms with E-state index in [1.54, 1.807) is 20.8 Å². The quantitative estimate of drug-likeness (QED) is 0.870. The van der Waals surface area contributed by atoms with Gasteiger partial charge in [0.2, 0.25) is 0 Å². The van der Waals surface area contributed by atoms with E-state index in [2.05, 4.69) is 0 Å². The van der Waals surface area contributed by atoms with Crippen molar-refractivity contribution in [1.29, 1.82) is 0 Å². The van der Waals surface area contributed by atoms with Crippen LogP contribution in [0.5, 0.6) is 0 Å². The third-order valence-corrected chi connectivity index (χ3v) is 2.54. The summed E-state index contributed by atoms with van der Waals surface area (Å²) in [7, 11) is 0. The lowest BCUT2D eigenvalue weighted by molar-refractivity contribution is -0.270. The van der Waals surface area contributed by atoms with Crippen molar-refractivity contribution < 1.29 is 27.8 Å². The Hall–Kier alpha value is -1.56. The molecule has 0 bridgehead atoms. The first-order chi connectivity index (χ1) is 8.96. The van der Waals surface area contributed by atoms with Crippen molar-refractivity contribution in [2.24, 2.45) is 0 Å². The average Bonchev–Trinajstić information content (AvgIpc) is 2.25. The first-order valence-corrected chi connectivity index (χ1v) is 6.02. The highest BCUT2D eigenvalue weighted by molar-refractivity contribution is 5.71. The van der Waals surface area contributed by atoms with Gasteiger partial charge in [0.05, 0.1) is 6.42 Å². The van der Waals surface area contributed by atoms with Crippen LogP contribution in [0.15, 0.2) is 30.3 Å². The van der Waals surface area contributed by atoms with Gasteiger partial charge in [0.15, 0.2) is 5.60 Å². The number of rotatable bonds is 3. The lowest BCUT2D eigenvalue weighted by atomic mass is 9.89. The maximum atomic E-state index is 13.1. The van der Waals surface area contributed by atoms with Crippen LogP contribution in [0.3, 0.4) is 0 Å². The maximum absolute atomic E-state index is 13.1. The van der Waals surface area contributed by atoms with Crippen LogP contribution in [0.2, 0.25) is 0 Å². The number of benzene rings is 1. The zero-order chi connectivity index (χ0) is 15.6. The van der Waals surface area contributed by atoms with Gasteiger partial charge < -0.3 is 9.84 Å². The van der Waals surface area contributed by atoms with E-state index in [0.29, 0.717) is 0 Å². The van der Waals surface area contributed by atoms with Crippen LogP contribution < -0.4 is 0 Å². The molecule has 0 radical (unpaired) electrons. The van der Waals surface area contributed by atoms with Crippen molar-refractivity contribution in [3.63, 3.8) is 0 Å². The van der Waals surface area contributed by atoms with Gasteiger partial charge in [0.1, 0.15) is 5.60 Å². The van der Waals surface area contributed by atoms with Crippen LogP contribution in [0.4, 0.5) is 13.2 Å². The van der Waals surface area contributed by atoms with Crippen molar-refractivity contribution in [3.05, 3.63) is 35.9 Å². The van der Waals surface area contributed by atoms with Gasteiger partial charge >= 0.3 is 12.1 Å². The van der Waals surface area contributed by atoms with Gasteiger partial charge in [-0.1, -0.05) is 30.3 Å². The molecule has 0 aliphatic rings. The molecule has 0 amide bonds. The second-order valence-corrected chi connectivity index (χ2v) is 5.49. The highest BCUT2D eigenvalue weighted by Crippen LogP contribution is 2.41. The SMILES string of the molecule is CC(C)(C)OC(=O)CC(O)(c1ccccc1)C(F)(F)F. The fourth-order valence-corrected chi connectivity index (χ4v) is 1.67. The Morgan fingerprint density at radius 2 is 1.65 bits per heavy atom. The number of ether oxygens (including phenoxy) is 1. The molecule has 0 aliphatic carbocycles. The largest absolute Gasteiger partial charge is 0.460 e. The molecule has 0 saturated carbocycles. The molecule has 1 aromatic rings. The van der Waals surface area contributed by atoms with Crippen LogP contribution in [0, 0.1) is 0 Å². The van der Waals surface area contributed by atoms with E-state index < -0.39 is 35.3 Å². The summed E-state index contributed by atoms with van der Waals surface area (Å²) in [6, 6.07) is 6.49. The fraction of sp³-hybridized carbons (Fsp3) is 0.500. The minimum absolute atomic E-state index is 0.390. The summed E-state index contributed by atoms with van der Waals surface area (Å²) >= 11 is 0. The Balaban J connectivity index is 3.07. The number of hydrogen-bond acceptors (Lipinski definition) is 3. The van der Waals surface area contributed by atoms with Crippen LogP contribution in [-0.4, -0.2) is 22.9 Å². The second-order valence-electron chi connectivity index (χ2n) is 5.49. The summed E-state index contributed by atoms with van der Waals surface area (Å²) in [5.41, 5.74) is -4.56. The average molecular weight is 290 g/mol. The molecule has 0 aromatic heterocycles. The number of aliphatic hydroxyl groups is 1. The molecular formula is C14H17F3O3. The lowest BCUT2D eigenvalue weighted by Crippen LogP contribution is -2.45. The predicted octanol–water partition coefficient (Wildman–Crippen LogP) is 3.17. The highest BCUT2D eigenvalue weighted by atomic mass is 19.4. The van der Waals surface area contributed by atoms with Crippen molar-refractivity contribution in [2.45, 2.75) is 44.6 Å². The van der Waals surface area contributed by atoms with Crippen LogP contribution in [-0.2, 0) is 15.1 Å². The predicted molar refractivity (Wildman–Crippen MR) is 66.9 cm³/mol. The molecule has 1 N–H and O–H groups in total. The first kappa shape index (κ1) is 16.5. The van der Waals surface area contributed by atoms with Gasteiger partial charge in [-0.05, 0) is 26.3 Å². The fourth-order valence-electron chi connectivity index (χ4n) is 1.67. The maximum Gasteiger partial charge on any atom is 0.422 e. The van der Waals surface area contributed by atoms with Gasteiger partial charge in [-0.2, -0.15) is 13.2 Å². The molecule has 0 saturated heterocycles. The third kappa shape index (κ3) is 3.96. The van der Waals surface area contributed by atoms with Gasteiger partial charge in [0, 0.05) is 0 Å². The Morgan fingerprint density at radius 1 is 1.15 bits per heavy atom. The zero-order valence-electron chi connectivity index (χ0n) is 11.5. The summed E-state index contributed by atoms with van der Waals surface area (Å²) in [5, 5.41) is 9.96. The number of carbonyl (C=O) groups is 1. The molecule has 0 aliphatic heterocycles. The number of esters is 1. The van der Waals surface area contributed by atoms with E-state index in [9.17, 15) is 23.1 Å². The molecule has 3 nitrogen and oxygen atoms in total. The Bertz CT molecular complexity index is 463. The van der Waals surface area contributed by atoms with Crippen molar-refractivity contribution in [1.82, 2.24) is 0 Å². The zero-order valence-corrected chi connectivity index (χ0v) is 11.5. The monoisotopic (exact) mass is 290 g/mol. The third-order valence-electron chi connectivity index (χ3n) is 2.54. The van der Waals surface area contributed by atoms with E-state index in [1.165, 1.54) is 18.2 Å². The van der Waals surface area contributed by atoms with Gasteiger partial charge in [-0.15, -0.1) is 0 Å². The second kappa shape index (κ2) is 5.44. The summed E-state index contributed by atoms with van der Waals surface area (Å²) in [6.07, 6.45) is -6.16. The van der Waals surface area contributed by atoms with E-state index in [1.807, 2.05) is 0 Å². The first-order valence-electron chi connectivity index (χ1n) is 6.02. The van der Waals surface area contributed by atoms with E-state index in [0.717, 1.165) is 12.1 Å². The van der Waals surface area contributed by atoms with Gasteiger partial charge in [0.25, 0.3) is 0 Å². The molecule has 112 valence electrons. The Labute approximate surface area is 115 Å². The van der Waals surface area contributed by atoms with Crippen molar-refractivity contribution in [2.75, 3.05) is 0 Å². The van der Waals surface area contributed by atoms with Crippen LogP contribution in [0.1, 0.15) is 32.8 Å². The molecule has 1 atom stereocenters. The Kier molecular flexibility index (Phi) is 4.49. The number of hydrogen-bond donors (Lipinski definition) is 1. The number of alkyl halides is 3. The van der Waals surface area contributed by atoms with Crippen molar-refractivity contribution >= 4 is 5.97 Å². The normalized spacial score (nSPS) is 15.6. The molecule has 0 heterocycles. The summed E-state index contributed by atoms with van der Waals surface area (Å²) in [6.45, 7) is 4.63.